The Morgan fingerprint density at radius 2 is 1.67 bits per heavy atom. The highest BCUT2D eigenvalue weighted by atomic mass is 32.2. The highest BCUT2D eigenvalue weighted by Crippen LogP contribution is 2.61. The molecule has 1 aliphatic heterocycles. The number of aliphatic hydroxyl groups is 2. The number of phosphoric ester groups is 3. The number of fused-ring (bicyclic) bond motifs is 1. The molecule has 0 saturated carbocycles. The summed E-state index contributed by atoms with van der Waals surface area (Å²) < 4.78 is 72.8. The van der Waals surface area contributed by atoms with Gasteiger partial charge >= 0.3 is 31.1 Å². The van der Waals surface area contributed by atoms with E-state index in [4.69, 9.17) is 35.0 Å². The number of imidazole rings is 1. The van der Waals surface area contributed by atoms with Crippen LogP contribution in [0.4, 0.5) is 5.82 Å². The summed E-state index contributed by atoms with van der Waals surface area (Å²) >= 11 is 0.651. The van der Waals surface area contributed by atoms with Gasteiger partial charge in [-0.15, -0.1) is 0 Å². The topological polar surface area (TPSA) is 447 Å². The number of phosphoric acid groups is 3. The number of nitrogens with two attached hydrogens (primary N) is 2. The lowest BCUT2D eigenvalue weighted by atomic mass is 9.87. The van der Waals surface area contributed by atoms with E-state index in [-0.39, 0.29) is 42.2 Å². The first-order valence-electron chi connectivity index (χ1n) is 16.0. The molecule has 14 N–H and O–H groups in total. The third-order valence-electron chi connectivity index (χ3n) is 7.48. The number of anilines is 1. The maximum Gasteiger partial charge on any atom is 0.481 e. The second kappa shape index (κ2) is 19.8. The number of amides is 2. The first-order valence-corrected chi connectivity index (χ1v) is 23.3. The fourth-order valence-corrected chi connectivity index (χ4v) is 9.05. The van der Waals surface area contributed by atoms with Crippen molar-refractivity contribution in [2.75, 3.05) is 44.0 Å². The predicted molar refractivity (Wildman–Crippen MR) is 192 cm³/mol. The van der Waals surface area contributed by atoms with Crippen molar-refractivity contribution in [2.24, 2.45) is 11.1 Å². The second-order valence-corrected chi connectivity index (χ2v) is 19.7. The van der Waals surface area contributed by atoms with E-state index in [1.54, 1.807) is 0 Å². The van der Waals surface area contributed by atoms with E-state index in [0.717, 1.165) is 17.2 Å². The number of aliphatic hydroxyl groups excluding tert-OH is 2. The molecule has 0 aliphatic carbocycles. The number of aromatic nitrogens is 4. The molecule has 0 aromatic carbocycles. The minimum absolute atomic E-state index is 0.0122. The average molecular weight is 919 g/mol. The summed E-state index contributed by atoms with van der Waals surface area (Å²) in [6.07, 6.45) is -8.06. The summed E-state index contributed by atoms with van der Waals surface area (Å²) in [6, 6.07) is -1.40. The van der Waals surface area contributed by atoms with Gasteiger partial charge in [-0.25, -0.2) is 28.6 Å². The zero-order chi connectivity index (χ0) is 43.1. The van der Waals surface area contributed by atoms with Gasteiger partial charge < -0.3 is 66.4 Å². The van der Waals surface area contributed by atoms with Crippen molar-refractivity contribution in [1.82, 2.24) is 30.2 Å². The Morgan fingerprint density at radius 1 is 1.02 bits per heavy atom. The third kappa shape index (κ3) is 15.3. The van der Waals surface area contributed by atoms with E-state index in [0.29, 0.717) is 11.8 Å². The fraction of sp³-hybridized carbons (Fsp3) is 0.667. The number of ether oxygens (including phenoxy) is 1. The average Bonchev–Trinajstić information content (AvgIpc) is 3.63. The number of rotatable bonds is 22. The quantitative estimate of drug-likeness (QED) is 0.0418. The van der Waals surface area contributed by atoms with Crippen LogP contribution in [0.3, 0.4) is 0 Å². The smallest absolute Gasteiger partial charge is 0.386 e. The van der Waals surface area contributed by atoms with Gasteiger partial charge in [-0.05, 0) is 0 Å². The molecule has 0 spiro atoms. The standard InChI is InChI=1S/C24H42N8O20P4S/c1-24(2,18(35)21(36)28-4-3-14(33)27-5-6-57-23(37)12(25)8-53(38,39)40)9-49-56(46,47)52-55(44,45)48-7-13-17(51-54(41,42)43)16(34)22(50-13)32-11-31-15-19(26)29-10-30-20(15)32/h10-13,16-18,22,34-35H,3-9,25H2,1-2H3,(H,27,33)(H,28,36)(H,44,45)(H,46,47)(H2,26,29,30)(H2,38,39,40)(H2,41,42,43). The lowest BCUT2D eigenvalue weighted by Gasteiger charge is -2.30. The maximum atomic E-state index is 12.7. The minimum atomic E-state index is -5.60. The Balaban J connectivity index is 1.48. The van der Waals surface area contributed by atoms with Crippen molar-refractivity contribution in [3.63, 3.8) is 0 Å². The molecular formula is C24H42N8O20P4S. The molecule has 0 radical (unpaired) electrons. The molecule has 57 heavy (non-hydrogen) atoms. The lowest BCUT2D eigenvalue weighted by molar-refractivity contribution is -0.137. The van der Waals surface area contributed by atoms with Crippen LogP contribution in [0.25, 0.3) is 11.2 Å². The van der Waals surface area contributed by atoms with Crippen LogP contribution in [0, 0.1) is 5.41 Å². The molecule has 33 heteroatoms. The molecule has 8 atom stereocenters. The van der Waals surface area contributed by atoms with Crippen molar-refractivity contribution in [3.05, 3.63) is 12.7 Å². The molecule has 0 bridgehead atoms. The van der Waals surface area contributed by atoms with Crippen molar-refractivity contribution in [3.8, 4) is 0 Å². The lowest BCUT2D eigenvalue weighted by Crippen LogP contribution is -2.46. The molecule has 8 unspecified atom stereocenters. The first-order chi connectivity index (χ1) is 26.1. The van der Waals surface area contributed by atoms with Gasteiger partial charge in [0.2, 0.25) is 16.9 Å². The normalized spacial score (nSPS) is 22.4. The number of nitrogens with one attached hydrogen (secondary N) is 2. The van der Waals surface area contributed by atoms with Crippen LogP contribution in [0.2, 0.25) is 0 Å². The summed E-state index contributed by atoms with van der Waals surface area (Å²) in [4.78, 5) is 105. The van der Waals surface area contributed by atoms with Crippen molar-refractivity contribution >= 4 is 76.7 Å². The summed E-state index contributed by atoms with van der Waals surface area (Å²) in [5.41, 5.74) is 9.58. The van der Waals surface area contributed by atoms with Crippen LogP contribution in [-0.2, 0) is 55.3 Å². The van der Waals surface area contributed by atoms with E-state index in [1.807, 2.05) is 0 Å². The van der Waals surface area contributed by atoms with Crippen LogP contribution in [0.15, 0.2) is 12.7 Å². The summed E-state index contributed by atoms with van der Waals surface area (Å²) in [5, 5.41) is 25.4. The zero-order valence-electron chi connectivity index (χ0n) is 29.7. The molecule has 28 nitrogen and oxygen atoms in total. The molecule has 2 aromatic rings. The third-order valence-corrected chi connectivity index (χ3v) is 12.4. The fourth-order valence-electron chi connectivity index (χ4n) is 4.72. The van der Waals surface area contributed by atoms with Gasteiger partial charge in [0.1, 0.15) is 36.3 Å². The van der Waals surface area contributed by atoms with E-state index < -0.39 is 109 Å². The van der Waals surface area contributed by atoms with Gasteiger partial charge in [-0.3, -0.25) is 37.1 Å². The van der Waals surface area contributed by atoms with E-state index >= 15 is 0 Å². The number of thioether (sulfide) groups is 1. The molecule has 1 fully saturated rings. The predicted octanol–water partition coefficient (Wildman–Crippen LogP) is -2.83. The van der Waals surface area contributed by atoms with Gasteiger partial charge in [-0.1, -0.05) is 25.6 Å². The van der Waals surface area contributed by atoms with Gasteiger partial charge in [0.05, 0.1) is 31.7 Å². The first kappa shape index (κ1) is 49.0. The Kier molecular flexibility index (Phi) is 17.1. The summed E-state index contributed by atoms with van der Waals surface area (Å²) in [6.45, 7) is -0.0212. The molecule has 2 amide bonds. The van der Waals surface area contributed by atoms with Crippen LogP contribution < -0.4 is 22.1 Å². The number of hydrogen-bond acceptors (Lipinski definition) is 20. The highest BCUT2D eigenvalue weighted by molar-refractivity contribution is 8.13. The van der Waals surface area contributed by atoms with E-state index in [2.05, 4.69) is 34.4 Å². The van der Waals surface area contributed by atoms with Crippen molar-refractivity contribution in [2.45, 2.75) is 57.0 Å². The maximum absolute atomic E-state index is 12.7. The Bertz CT molecular complexity index is 1950. The van der Waals surface area contributed by atoms with Crippen LogP contribution in [0.5, 0.6) is 0 Å². The second-order valence-electron chi connectivity index (χ2n) is 12.7. The van der Waals surface area contributed by atoms with E-state index in [9.17, 15) is 62.4 Å². The summed E-state index contributed by atoms with van der Waals surface area (Å²) in [5.74, 6) is -1.66. The van der Waals surface area contributed by atoms with Gasteiger partial charge in [0, 0.05) is 30.7 Å². The monoisotopic (exact) mass is 918 g/mol. The molecule has 1 saturated heterocycles. The van der Waals surface area contributed by atoms with Gasteiger partial charge in [0.25, 0.3) is 0 Å². The molecular weight excluding hydrogens is 876 g/mol. The molecule has 2 aromatic heterocycles. The van der Waals surface area contributed by atoms with Gasteiger partial charge in [-0.2, -0.15) is 4.31 Å². The Hall–Kier alpha value is -2.33. The van der Waals surface area contributed by atoms with Crippen LogP contribution in [-0.4, -0.2) is 145 Å². The molecule has 3 rings (SSSR count). The number of hydrogen-bond donors (Lipinski definition) is 12. The minimum Gasteiger partial charge on any atom is -0.386 e. The van der Waals surface area contributed by atoms with Crippen LogP contribution in [0.1, 0.15) is 26.5 Å². The highest BCUT2D eigenvalue weighted by Gasteiger charge is 2.50. The molecule has 3 heterocycles. The number of nitrogens with zero attached hydrogens (tertiary/aromatic N) is 4. The molecule has 324 valence electrons. The summed E-state index contributed by atoms with van der Waals surface area (Å²) in [7, 11) is -21.0. The molecule has 1 aliphatic rings. The SMILES string of the molecule is CC(C)(COP(=O)(O)OP(=O)(O)OCC1OC(n2cnc3c(N)ncnc32)C(O)C1OP(=O)(O)O)C(O)C(=O)NCCC(=O)NCCSC(=O)C(N)CP(=O)(O)O. The van der Waals surface area contributed by atoms with Crippen molar-refractivity contribution in [1.29, 1.82) is 0 Å². The van der Waals surface area contributed by atoms with Crippen molar-refractivity contribution < 1.29 is 94.8 Å². The number of carbonyl (C=O) groups excluding carboxylic acids is 3. The number of carbonyl (C=O) groups is 3. The Morgan fingerprint density at radius 3 is 2.30 bits per heavy atom. The zero-order valence-corrected chi connectivity index (χ0v) is 34.1. The van der Waals surface area contributed by atoms with E-state index in [1.165, 1.54) is 13.8 Å². The van der Waals surface area contributed by atoms with Gasteiger partial charge in [0.15, 0.2) is 17.7 Å². The largest absolute Gasteiger partial charge is 0.481 e. The van der Waals surface area contributed by atoms with Crippen LogP contribution >= 0.6 is 42.8 Å². The Labute approximate surface area is 326 Å². The number of nitrogen functional groups attached to an aromatic ring is 1.